The molecule has 0 aromatic carbocycles. The standard InChI is InChI=1S/C4H7ClO/c1-2-3-4-6-5/h3-4H,2H2,1H3. The lowest BCUT2D eigenvalue weighted by molar-refractivity contribution is 0.535. The van der Waals surface area contributed by atoms with E-state index in [9.17, 15) is 0 Å². The van der Waals surface area contributed by atoms with Gasteiger partial charge in [-0.3, -0.25) is 0 Å². The minimum Gasteiger partial charge on any atom is -0.394 e. The third-order valence-corrected chi connectivity index (χ3v) is 0.486. The molecule has 0 rings (SSSR count). The highest BCUT2D eigenvalue weighted by Gasteiger charge is 1.60. The zero-order chi connectivity index (χ0) is 4.83. The van der Waals surface area contributed by atoms with Crippen LogP contribution in [0.25, 0.3) is 0 Å². The Labute approximate surface area is 42.7 Å². The molecule has 0 aliphatic carbocycles. The van der Waals surface area contributed by atoms with Crippen LogP contribution in [0.4, 0.5) is 0 Å². The molecule has 0 saturated carbocycles. The minimum absolute atomic E-state index is 0.965. The third-order valence-electron chi connectivity index (χ3n) is 0.383. The van der Waals surface area contributed by atoms with Crippen LogP contribution in [0.5, 0.6) is 0 Å². The van der Waals surface area contributed by atoms with E-state index >= 15 is 0 Å². The maximum atomic E-state index is 4.79. The molecule has 1 nitrogen and oxygen atoms in total. The van der Waals surface area contributed by atoms with Crippen molar-refractivity contribution in [3.05, 3.63) is 12.3 Å². The van der Waals surface area contributed by atoms with Gasteiger partial charge in [0.1, 0.15) is 18.1 Å². The number of hydrogen-bond acceptors (Lipinski definition) is 1. The molecule has 0 N–H and O–H groups in total. The van der Waals surface area contributed by atoms with Crippen molar-refractivity contribution in [1.29, 1.82) is 0 Å². The Kier molecular flexibility index (Phi) is 4.69. The maximum Gasteiger partial charge on any atom is 0.134 e. The number of hydrogen-bond donors (Lipinski definition) is 0. The van der Waals surface area contributed by atoms with E-state index in [2.05, 4.69) is 4.29 Å². The molecule has 0 heterocycles. The van der Waals surface area contributed by atoms with Crippen molar-refractivity contribution in [3.63, 3.8) is 0 Å². The second-order valence-electron chi connectivity index (χ2n) is 0.869. The van der Waals surface area contributed by atoms with Crippen molar-refractivity contribution in [3.8, 4) is 0 Å². The van der Waals surface area contributed by atoms with Gasteiger partial charge in [-0.1, -0.05) is 6.92 Å². The molecule has 2 heteroatoms. The number of halogens is 1. The van der Waals surface area contributed by atoms with Crippen molar-refractivity contribution in [2.24, 2.45) is 0 Å². The van der Waals surface area contributed by atoms with E-state index in [1.807, 2.05) is 13.0 Å². The molecule has 0 aliphatic heterocycles. The fourth-order valence-electron chi connectivity index (χ4n) is 0.133. The first-order valence-electron chi connectivity index (χ1n) is 1.84. The Bertz CT molecular complexity index is 36.8. The second kappa shape index (κ2) is 4.83. The van der Waals surface area contributed by atoms with E-state index in [-0.39, 0.29) is 0 Å². The third kappa shape index (κ3) is 3.83. The quantitative estimate of drug-likeness (QED) is 0.490. The van der Waals surface area contributed by atoms with Gasteiger partial charge < -0.3 is 4.29 Å². The highest BCUT2D eigenvalue weighted by Crippen LogP contribution is 1.82. The molecule has 0 fully saturated rings. The molecular weight excluding hydrogens is 99.5 g/mol. The Morgan fingerprint density at radius 3 is 2.67 bits per heavy atom. The van der Waals surface area contributed by atoms with Gasteiger partial charge in [-0.25, -0.2) is 0 Å². The summed E-state index contributed by atoms with van der Waals surface area (Å²) in [5.74, 6) is 0. The van der Waals surface area contributed by atoms with E-state index in [0.29, 0.717) is 0 Å². The predicted octanol–water partition coefficient (Wildman–Crippen LogP) is 2.08. The maximum absolute atomic E-state index is 4.79. The summed E-state index contributed by atoms with van der Waals surface area (Å²) in [6.07, 6.45) is 4.24. The molecule has 0 amide bonds. The van der Waals surface area contributed by atoms with Gasteiger partial charge in [-0.15, -0.1) is 0 Å². The van der Waals surface area contributed by atoms with Crippen LogP contribution in [0.3, 0.4) is 0 Å². The summed E-state index contributed by atoms with van der Waals surface area (Å²) in [7, 11) is 0. The lowest BCUT2D eigenvalue weighted by Gasteiger charge is -1.74. The van der Waals surface area contributed by atoms with E-state index in [4.69, 9.17) is 11.9 Å². The topological polar surface area (TPSA) is 9.23 Å². The van der Waals surface area contributed by atoms with Crippen molar-refractivity contribution >= 4 is 11.9 Å². The van der Waals surface area contributed by atoms with Gasteiger partial charge >= 0.3 is 0 Å². The molecule has 6 heavy (non-hydrogen) atoms. The summed E-state index contributed by atoms with van der Waals surface area (Å²) in [6, 6.07) is 0. The zero-order valence-corrected chi connectivity index (χ0v) is 4.40. The predicted molar refractivity (Wildman–Crippen MR) is 26.4 cm³/mol. The molecule has 0 atom stereocenters. The van der Waals surface area contributed by atoms with Crippen LogP contribution < -0.4 is 0 Å². The first kappa shape index (κ1) is 5.83. The molecule has 36 valence electrons. The summed E-state index contributed by atoms with van der Waals surface area (Å²) >= 11 is 4.79. The Morgan fingerprint density at radius 1 is 1.83 bits per heavy atom. The summed E-state index contributed by atoms with van der Waals surface area (Å²) < 4.78 is 4.07. The zero-order valence-electron chi connectivity index (χ0n) is 3.65. The normalized spacial score (nSPS) is 9.67. The molecule has 0 saturated heterocycles. The van der Waals surface area contributed by atoms with Gasteiger partial charge in [0.25, 0.3) is 0 Å². The molecule has 0 unspecified atom stereocenters. The van der Waals surface area contributed by atoms with Crippen LogP contribution in [-0.2, 0) is 4.29 Å². The monoisotopic (exact) mass is 106 g/mol. The lowest BCUT2D eigenvalue weighted by atomic mass is 10.5. The van der Waals surface area contributed by atoms with Crippen LogP contribution in [-0.4, -0.2) is 0 Å². The first-order chi connectivity index (χ1) is 2.91. The average Bonchev–Trinajstić information content (AvgIpc) is 1.61. The Morgan fingerprint density at radius 2 is 2.50 bits per heavy atom. The molecule has 0 bridgehead atoms. The highest BCUT2D eigenvalue weighted by molar-refractivity contribution is 6.07. The Balaban J connectivity index is 2.73. The van der Waals surface area contributed by atoms with Crippen LogP contribution >= 0.6 is 11.9 Å². The number of rotatable bonds is 2. The highest BCUT2D eigenvalue weighted by atomic mass is 35.5. The molecule has 0 spiro atoms. The van der Waals surface area contributed by atoms with Crippen molar-refractivity contribution < 1.29 is 4.29 Å². The summed E-state index contributed by atoms with van der Waals surface area (Å²) in [4.78, 5) is 0. The van der Waals surface area contributed by atoms with Gasteiger partial charge in [-0.05, 0) is 12.5 Å². The van der Waals surface area contributed by atoms with Gasteiger partial charge in [0.2, 0.25) is 0 Å². The lowest BCUT2D eigenvalue weighted by Crippen LogP contribution is -1.52. The van der Waals surface area contributed by atoms with Crippen molar-refractivity contribution in [2.45, 2.75) is 13.3 Å². The van der Waals surface area contributed by atoms with E-state index in [1.165, 1.54) is 6.26 Å². The minimum atomic E-state index is 0.965. The average molecular weight is 107 g/mol. The first-order valence-corrected chi connectivity index (χ1v) is 2.15. The fourth-order valence-corrected chi connectivity index (χ4v) is 0.205. The van der Waals surface area contributed by atoms with Crippen LogP contribution in [0.1, 0.15) is 13.3 Å². The van der Waals surface area contributed by atoms with Crippen LogP contribution in [0.15, 0.2) is 12.3 Å². The molecule has 0 aliphatic rings. The fraction of sp³-hybridized carbons (Fsp3) is 0.500. The molecule has 0 aromatic rings. The van der Waals surface area contributed by atoms with Gasteiger partial charge in [0, 0.05) is 0 Å². The largest absolute Gasteiger partial charge is 0.394 e. The van der Waals surface area contributed by atoms with Gasteiger partial charge in [0.05, 0.1) is 0 Å². The van der Waals surface area contributed by atoms with Crippen LogP contribution in [0, 0.1) is 0 Å². The molecule has 0 radical (unpaired) electrons. The summed E-state index contributed by atoms with van der Waals surface area (Å²) in [5.41, 5.74) is 0. The van der Waals surface area contributed by atoms with Gasteiger partial charge in [0.15, 0.2) is 0 Å². The van der Waals surface area contributed by atoms with E-state index < -0.39 is 0 Å². The SMILES string of the molecule is CCC=COCl. The van der Waals surface area contributed by atoms with Crippen molar-refractivity contribution in [1.82, 2.24) is 0 Å². The summed E-state index contributed by atoms with van der Waals surface area (Å²) in [5, 5.41) is 0. The van der Waals surface area contributed by atoms with E-state index in [0.717, 1.165) is 6.42 Å². The summed E-state index contributed by atoms with van der Waals surface area (Å²) in [6.45, 7) is 2.01. The molecular formula is C4H7ClO. The Hall–Kier alpha value is -0.170. The molecule has 0 aromatic heterocycles. The van der Waals surface area contributed by atoms with E-state index in [1.54, 1.807) is 0 Å². The van der Waals surface area contributed by atoms with Gasteiger partial charge in [-0.2, -0.15) is 0 Å². The number of allylic oxidation sites excluding steroid dienone is 1. The van der Waals surface area contributed by atoms with Crippen molar-refractivity contribution in [2.75, 3.05) is 0 Å². The second-order valence-corrected chi connectivity index (χ2v) is 1.05. The van der Waals surface area contributed by atoms with Crippen LogP contribution in [0.2, 0.25) is 0 Å². The smallest absolute Gasteiger partial charge is 0.134 e.